The van der Waals surface area contributed by atoms with Crippen LogP contribution in [0.2, 0.25) is 0 Å². The van der Waals surface area contributed by atoms with E-state index in [0.717, 1.165) is 31.9 Å². The Bertz CT molecular complexity index is 1840. The number of aliphatic hydroxyl groups excluding tert-OH is 3. The van der Waals surface area contributed by atoms with E-state index in [1.807, 2.05) is 13.8 Å². The molecule has 0 bridgehead atoms. The van der Waals surface area contributed by atoms with E-state index < -0.39 is 107 Å². The maximum Gasteiger partial charge on any atom is 0.348 e. The first kappa shape index (κ1) is 53.8. The average Bonchev–Trinajstić information content (AvgIpc) is 3.99. The van der Waals surface area contributed by atoms with Gasteiger partial charge in [-0.3, -0.25) is 19.2 Å². The van der Waals surface area contributed by atoms with E-state index in [1.165, 1.54) is 28.9 Å². The molecule has 1 aromatic rings. The average molecular weight is 943 g/mol. The van der Waals surface area contributed by atoms with Gasteiger partial charge in [0.05, 0.1) is 42.8 Å². The quantitative estimate of drug-likeness (QED) is 0.0561. The molecule has 4 rings (SSSR count). The molecule has 22 heteroatoms. The van der Waals surface area contributed by atoms with Gasteiger partial charge in [-0.05, 0) is 69.0 Å². The molecule has 0 aliphatic carbocycles. The zero-order valence-corrected chi connectivity index (χ0v) is 39.2. The smallest absolute Gasteiger partial charge is 0.348 e. The van der Waals surface area contributed by atoms with E-state index >= 15 is 0 Å². The molecule has 21 nitrogen and oxygen atoms in total. The van der Waals surface area contributed by atoms with Crippen molar-refractivity contribution in [3.8, 4) is 0 Å². The van der Waals surface area contributed by atoms with Gasteiger partial charge < -0.3 is 65.3 Å². The van der Waals surface area contributed by atoms with Crippen molar-refractivity contribution in [1.29, 1.82) is 0 Å². The number of hydrogen-bond acceptors (Lipinski definition) is 16. The molecule has 65 heavy (non-hydrogen) atoms. The van der Waals surface area contributed by atoms with Crippen LogP contribution in [0.3, 0.4) is 0 Å². The fourth-order valence-corrected chi connectivity index (χ4v) is 8.73. The van der Waals surface area contributed by atoms with Gasteiger partial charge in [-0.25, -0.2) is 13.2 Å². The van der Waals surface area contributed by atoms with Gasteiger partial charge >= 0.3 is 5.97 Å². The molecule has 0 aromatic heterocycles. The number of aliphatic hydroxyl groups is 3. The molecule has 3 heterocycles. The third-order valence-corrected chi connectivity index (χ3v) is 13.4. The molecule has 0 spiro atoms. The molecular weight excluding hydrogens is 873 g/mol. The molecule has 6 unspecified atom stereocenters. The number of carbonyl (C=O) groups excluding carboxylic acids is 5. The van der Waals surface area contributed by atoms with E-state index in [-0.39, 0.29) is 56.6 Å². The van der Waals surface area contributed by atoms with Gasteiger partial charge in [0.25, 0.3) is 10.0 Å². The molecule has 11 atom stereocenters. The number of sulfonamides is 1. The lowest BCUT2D eigenvalue weighted by Gasteiger charge is -2.42. The summed E-state index contributed by atoms with van der Waals surface area (Å²) in [6, 6.07) is -0.703. The van der Waals surface area contributed by atoms with Gasteiger partial charge in [-0.1, -0.05) is 51.3 Å². The van der Waals surface area contributed by atoms with Crippen LogP contribution >= 0.6 is 0 Å². The molecule has 1 aromatic carbocycles. The second-order valence-electron chi connectivity index (χ2n) is 16.9. The van der Waals surface area contributed by atoms with Gasteiger partial charge in [0, 0.05) is 33.4 Å². The Balaban J connectivity index is 1.59. The van der Waals surface area contributed by atoms with Crippen molar-refractivity contribution in [3.05, 3.63) is 29.8 Å². The van der Waals surface area contributed by atoms with Crippen molar-refractivity contribution < 1.29 is 71.5 Å². The highest BCUT2D eigenvalue weighted by atomic mass is 32.2. The Kier molecular flexibility index (Phi) is 21.0. The number of likely N-dealkylation sites (tertiary alicyclic amines) is 2. The number of carbonyl (C=O) groups is 5. The minimum atomic E-state index is -4.26. The lowest BCUT2D eigenvalue weighted by molar-refractivity contribution is -0.277. The first-order valence-electron chi connectivity index (χ1n) is 22.6. The number of nitrogens with zero attached hydrogens (tertiary/aromatic N) is 3. The number of hydroxylamine groups is 1. The minimum absolute atomic E-state index is 0.0543. The van der Waals surface area contributed by atoms with Crippen molar-refractivity contribution >= 4 is 39.6 Å². The van der Waals surface area contributed by atoms with Crippen LogP contribution in [-0.2, 0) is 57.8 Å². The third-order valence-electron chi connectivity index (χ3n) is 11.8. The predicted molar refractivity (Wildman–Crippen MR) is 232 cm³/mol. The summed E-state index contributed by atoms with van der Waals surface area (Å²) in [4.78, 5) is 78.1. The van der Waals surface area contributed by atoms with E-state index in [9.17, 15) is 47.7 Å². The number of aryl methyl sites for hydroxylation is 1. The van der Waals surface area contributed by atoms with Crippen LogP contribution in [0.25, 0.3) is 0 Å². The summed E-state index contributed by atoms with van der Waals surface area (Å²) >= 11 is 0. The Morgan fingerprint density at radius 1 is 0.892 bits per heavy atom. The Morgan fingerprint density at radius 2 is 1.48 bits per heavy atom. The normalized spacial score (nSPS) is 25.5. The van der Waals surface area contributed by atoms with Crippen LogP contribution in [0.5, 0.6) is 0 Å². The largest absolute Gasteiger partial charge is 0.394 e. The first-order chi connectivity index (χ1) is 30.9. The third kappa shape index (κ3) is 14.1. The Labute approximate surface area is 381 Å². The van der Waals surface area contributed by atoms with Crippen LogP contribution in [0.4, 0.5) is 0 Å². The summed E-state index contributed by atoms with van der Waals surface area (Å²) in [5.74, 6) is -4.27. The van der Waals surface area contributed by atoms with Crippen molar-refractivity contribution in [2.24, 2.45) is 11.7 Å². The van der Waals surface area contributed by atoms with Crippen molar-refractivity contribution in [2.45, 2.75) is 152 Å². The number of unbranched alkanes of at least 4 members (excludes halogenated alkanes) is 2. The number of benzene rings is 1. The summed E-state index contributed by atoms with van der Waals surface area (Å²) in [6.45, 7) is 8.99. The summed E-state index contributed by atoms with van der Waals surface area (Å²) in [7, 11) is -3.20. The SMILES string of the molecule is CCCCOC[C@H](NC(=O)[C@@H](NC(=O)C1CCCN1C(=O)[C@@H](C)COCCCC)C(C)O[C@@H]1OC(CO)[C@@H](O)C(O)C1N)C(=O)N1CCCC1C(=O)ON(C)S(=O)(=O)c1ccc(C)cc1. The molecule has 0 saturated carbocycles. The highest BCUT2D eigenvalue weighted by Crippen LogP contribution is 2.26. The molecule has 3 aliphatic rings. The second kappa shape index (κ2) is 25.3. The molecule has 0 radical (unpaired) electrons. The standard InChI is InChI=1S/C43H70N6O15S/c1-7-9-21-60-24-27(4)40(55)48-19-11-13-31(48)38(53)46-35(28(5)62-43-34(44)37(52)36(51)33(23-50)63-43)39(54)45-30(25-61-22-10-8-2)41(56)49-20-12-14-32(49)42(57)64-47(6)65(58,59)29-17-15-26(3)16-18-29/h15-18,27-28,30-37,43,50-52H,7-14,19-25,44H2,1-6H3,(H,45,54)(H,46,53)/t27-,28?,30-,31?,32?,33?,34?,35-,36+,37?,43+/m0/s1. The minimum Gasteiger partial charge on any atom is -0.394 e. The van der Waals surface area contributed by atoms with Crippen LogP contribution in [-0.4, -0.2) is 182 Å². The van der Waals surface area contributed by atoms with Crippen LogP contribution in [0.1, 0.15) is 84.6 Å². The van der Waals surface area contributed by atoms with E-state index in [0.29, 0.717) is 30.3 Å². The highest BCUT2D eigenvalue weighted by Gasteiger charge is 2.47. The maximum absolute atomic E-state index is 14.5. The van der Waals surface area contributed by atoms with Crippen molar-refractivity contribution in [1.82, 2.24) is 24.9 Å². The summed E-state index contributed by atoms with van der Waals surface area (Å²) in [5.41, 5.74) is 6.98. The predicted octanol–water partition coefficient (Wildman–Crippen LogP) is -0.534. The summed E-state index contributed by atoms with van der Waals surface area (Å²) in [6.07, 6.45) is -2.90. The first-order valence-corrected chi connectivity index (χ1v) is 24.0. The van der Waals surface area contributed by atoms with Gasteiger partial charge in [0.15, 0.2) is 6.29 Å². The van der Waals surface area contributed by atoms with E-state index in [4.69, 9.17) is 29.5 Å². The summed E-state index contributed by atoms with van der Waals surface area (Å²) in [5, 5.41) is 36.2. The number of nitrogens with one attached hydrogen (secondary N) is 2. The summed E-state index contributed by atoms with van der Waals surface area (Å²) < 4.78 is 50.1. The van der Waals surface area contributed by atoms with Gasteiger partial charge in [-0.2, -0.15) is 0 Å². The molecule has 4 amide bonds. The highest BCUT2D eigenvalue weighted by molar-refractivity contribution is 7.89. The maximum atomic E-state index is 14.5. The zero-order chi connectivity index (χ0) is 48.0. The number of hydrogen-bond donors (Lipinski definition) is 6. The van der Waals surface area contributed by atoms with E-state index in [2.05, 4.69) is 10.6 Å². The molecular formula is C43H70N6O15S. The lowest BCUT2D eigenvalue weighted by Crippen LogP contribution is -2.65. The lowest BCUT2D eigenvalue weighted by atomic mass is 9.97. The number of nitrogens with two attached hydrogens (primary N) is 1. The van der Waals surface area contributed by atoms with E-state index in [1.54, 1.807) is 26.0 Å². The Hall–Kier alpha value is -3.84. The van der Waals surface area contributed by atoms with Crippen LogP contribution in [0, 0.1) is 12.8 Å². The van der Waals surface area contributed by atoms with Gasteiger partial charge in [-0.15, -0.1) is 0 Å². The fraction of sp³-hybridized carbons (Fsp3) is 0.744. The molecule has 3 aliphatic heterocycles. The van der Waals surface area contributed by atoms with Gasteiger partial charge in [0.2, 0.25) is 23.6 Å². The fourth-order valence-electron chi connectivity index (χ4n) is 7.78. The van der Waals surface area contributed by atoms with Crippen molar-refractivity contribution in [3.63, 3.8) is 0 Å². The van der Waals surface area contributed by atoms with Crippen LogP contribution in [0.15, 0.2) is 29.2 Å². The van der Waals surface area contributed by atoms with Crippen molar-refractivity contribution in [2.75, 3.05) is 53.2 Å². The number of ether oxygens (including phenoxy) is 4. The molecule has 7 N–H and O–H groups in total. The monoisotopic (exact) mass is 942 g/mol. The topological polar surface area (TPSA) is 286 Å². The number of amides is 4. The second-order valence-corrected chi connectivity index (χ2v) is 18.9. The van der Waals surface area contributed by atoms with Gasteiger partial charge in [0.1, 0.15) is 42.5 Å². The van der Waals surface area contributed by atoms with Crippen LogP contribution < -0.4 is 16.4 Å². The molecule has 3 fully saturated rings. The number of rotatable bonds is 24. The molecule has 368 valence electrons. The Morgan fingerprint density at radius 3 is 2.08 bits per heavy atom. The zero-order valence-electron chi connectivity index (χ0n) is 38.3. The molecule has 3 saturated heterocycles.